The summed E-state index contributed by atoms with van der Waals surface area (Å²) in [5.74, 6) is 0.587. The molecule has 2 rings (SSSR count). The number of carbonyl (C=O) groups is 1. The lowest BCUT2D eigenvalue weighted by atomic mass is 10.2. The number of para-hydroxylation sites is 1. The van der Waals surface area contributed by atoms with Crippen molar-refractivity contribution < 1.29 is 9.53 Å². The van der Waals surface area contributed by atoms with Crippen LogP contribution in [0.4, 0.5) is 11.4 Å². The van der Waals surface area contributed by atoms with E-state index in [0.717, 1.165) is 17.8 Å². The predicted octanol–water partition coefficient (Wildman–Crippen LogP) is 3.34. The van der Waals surface area contributed by atoms with Gasteiger partial charge in [-0.2, -0.15) is 0 Å². The Morgan fingerprint density at radius 3 is 2.33 bits per heavy atom. The van der Waals surface area contributed by atoms with Crippen molar-refractivity contribution in [2.24, 2.45) is 0 Å². The largest absolute Gasteiger partial charge is 0.484 e. The van der Waals surface area contributed by atoms with Crippen molar-refractivity contribution in [3.05, 3.63) is 54.6 Å². The molecule has 110 valence electrons. The zero-order chi connectivity index (χ0) is 14.9. The van der Waals surface area contributed by atoms with E-state index >= 15 is 0 Å². The monoisotopic (exact) mass is 284 g/mol. The second-order valence-electron chi connectivity index (χ2n) is 4.65. The van der Waals surface area contributed by atoms with Gasteiger partial charge in [0.1, 0.15) is 5.75 Å². The van der Waals surface area contributed by atoms with E-state index in [1.54, 1.807) is 0 Å². The van der Waals surface area contributed by atoms with E-state index in [9.17, 15) is 4.79 Å². The first-order chi connectivity index (χ1) is 10.3. The molecule has 4 nitrogen and oxygen atoms in total. The Hall–Kier alpha value is -2.49. The molecule has 0 aliphatic carbocycles. The fraction of sp³-hybridized carbons (Fsp3) is 0.235. The molecule has 0 spiro atoms. The molecule has 0 radical (unpaired) electrons. The molecule has 4 heteroatoms. The summed E-state index contributed by atoms with van der Waals surface area (Å²) in [4.78, 5) is 11.4. The Balaban J connectivity index is 1.83. The number of amides is 1. The van der Waals surface area contributed by atoms with Crippen molar-refractivity contribution in [2.75, 3.05) is 18.5 Å². The first-order valence-electron chi connectivity index (χ1n) is 7.09. The van der Waals surface area contributed by atoms with Gasteiger partial charge in [0.2, 0.25) is 0 Å². The van der Waals surface area contributed by atoms with E-state index in [4.69, 9.17) is 4.74 Å². The van der Waals surface area contributed by atoms with Gasteiger partial charge in [-0.1, -0.05) is 25.1 Å². The molecule has 0 aliphatic heterocycles. The van der Waals surface area contributed by atoms with Gasteiger partial charge >= 0.3 is 0 Å². The van der Waals surface area contributed by atoms with Crippen LogP contribution in [0.5, 0.6) is 5.75 Å². The summed E-state index contributed by atoms with van der Waals surface area (Å²) in [6, 6.07) is 17.5. The lowest BCUT2D eigenvalue weighted by molar-refractivity contribution is -0.123. The van der Waals surface area contributed by atoms with E-state index in [-0.39, 0.29) is 12.5 Å². The molecular formula is C17H20N2O2. The molecule has 0 aromatic heterocycles. The van der Waals surface area contributed by atoms with Gasteiger partial charge in [-0.3, -0.25) is 4.79 Å². The molecule has 0 heterocycles. The molecule has 0 atom stereocenters. The van der Waals surface area contributed by atoms with Crippen molar-refractivity contribution in [3.63, 3.8) is 0 Å². The van der Waals surface area contributed by atoms with Gasteiger partial charge in [-0.15, -0.1) is 0 Å². The third-order valence-corrected chi connectivity index (χ3v) is 2.86. The highest BCUT2D eigenvalue weighted by Gasteiger charge is 2.01. The quantitative estimate of drug-likeness (QED) is 0.820. The molecule has 2 aromatic carbocycles. The van der Waals surface area contributed by atoms with Gasteiger partial charge in [0.15, 0.2) is 6.61 Å². The maximum Gasteiger partial charge on any atom is 0.257 e. The van der Waals surface area contributed by atoms with Crippen LogP contribution in [0.2, 0.25) is 0 Å². The number of benzene rings is 2. The summed E-state index contributed by atoms with van der Waals surface area (Å²) >= 11 is 0. The normalized spacial score (nSPS) is 9.95. The summed E-state index contributed by atoms with van der Waals surface area (Å²) in [6.07, 6.45) is 0.922. The average molecular weight is 284 g/mol. The summed E-state index contributed by atoms with van der Waals surface area (Å²) in [5, 5.41) is 6.06. The number of hydrogen-bond acceptors (Lipinski definition) is 3. The molecule has 0 saturated carbocycles. The molecular weight excluding hydrogens is 264 g/mol. The molecule has 0 bridgehead atoms. The third kappa shape index (κ3) is 5.18. The zero-order valence-electron chi connectivity index (χ0n) is 12.1. The Morgan fingerprint density at radius 1 is 1.00 bits per heavy atom. The first kappa shape index (κ1) is 14.9. The highest BCUT2D eigenvalue weighted by Crippen LogP contribution is 2.19. The lowest BCUT2D eigenvalue weighted by Crippen LogP contribution is -2.29. The van der Waals surface area contributed by atoms with Crippen molar-refractivity contribution in [1.82, 2.24) is 5.32 Å². The number of hydrogen-bond donors (Lipinski definition) is 2. The van der Waals surface area contributed by atoms with E-state index < -0.39 is 0 Å². The third-order valence-electron chi connectivity index (χ3n) is 2.86. The van der Waals surface area contributed by atoms with E-state index in [1.807, 2.05) is 61.5 Å². The van der Waals surface area contributed by atoms with Crippen LogP contribution in [-0.4, -0.2) is 19.1 Å². The number of nitrogens with one attached hydrogen (secondary N) is 2. The molecule has 0 saturated heterocycles. The molecule has 2 N–H and O–H groups in total. The fourth-order valence-corrected chi connectivity index (χ4v) is 1.79. The van der Waals surface area contributed by atoms with Gasteiger partial charge in [-0.25, -0.2) is 0 Å². The highest BCUT2D eigenvalue weighted by atomic mass is 16.5. The minimum Gasteiger partial charge on any atom is -0.484 e. The van der Waals surface area contributed by atoms with Crippen LogP contribution in [0.1, 0.15) is 13.3 Å². The van der Waals surface area contributed by atoms with Gasteiger partial charge in [0.05, 0.1) is 0 Å². The summed E-state index contributed by atoms with van der Waals surface area (Å²) in [7, 11) is 0. The standard InChI is InChI=1S/C17H20N2O2/c1-2-12-18-17(20)13-21-16-10-8-15(9-11-16)19-14-6-4-3-5-7-14/h3-11,19H,2,12-13H2,1H3,(H,18,20). The van der Waals surface area contributed by atoms with Gasteiger partial charge in [-0.05, 0) is 42.8 Å². The summed E-state index contributed by atoms with van der Waals surface area (Å²) < 4.78 is 5.43. The topological polar surface area (TPSA) is 50.4 Å². The zero-order valence-corrected chi connectivity index (χ0v) is 12.1. The molecule has 0 aliphatic rings. The fourth-order valence-electron chi connectivity index (χ4n) is 1.79. The minimum atomic E-state index is -0.0941. The maximum atomic E-state index is 11.4. The van der Waals surface area contributed by atoms with E-state index in [0.29, 0.717) is 12.3 Å². The Bertz CT molecular complexity index is 553. The van der Waals surface area contributed by atoms with Crippen molar-refractivity contribution in [2.45, 2.75) is 13.3 Å². The summed E-state index contributed by atoms with van der Waals surface area (Å²) in [6.45, 7) is 2.74. The number of carbonyl (C=O) groups excluding carboxylic acids is 1. The van der Waals surface area contributed by atoms with Gasteiger partial charge in [0, 0.05) is 17.9 Å². The van der Waals surface area contributed by atoms with Crippen LogP contribution in [-0.2, 0) is 4.79 Å². The number of ether oxygens (including phenoxy) is 1. The second-order valence-corrected chi connectivity index (χ2v) is 4.65. The average Bonchev–Trinajstić information content (AvgIpc) is 2.53. The van der Waals surface area contributed by atoms with Crippen LogP contribution in [0.25, 0.3) is 0 Å². The number of rotatable bonds is 7. The lowest BCUT2D eigenvalue weighted by Gasteiger charge is -2.09. The molecule has 0 fully saturated rings. The molecule has 2 aromatic rings. The van der Waals surface area contributed by atoms with Gasteiger partial charge < -0.3 is 15.4 Å². The summed E-state index contributed by atoms with van der Waals surface area (Å²) in [5.41, 5.74) is 2.01. The maximum absolute atomic E-state index is 11.4. The van der Waals surface area contributed by atoms with E-state index in [2.05, 4.69) is 10.6 Å². The van der Waals surface area contributed by atoms with Crippen molar-refractivity contribution in [3.8, 4) is 5.75 Å². The van der Waals surface area contributed by atoms with Crippen LogP contribution in [0, 0.1) is 0 Å². The number of anilines is 2. The Morgan fingerprint density at radius 2 is 1.67 bits per heavy atom. The van der Waals surface area contributed by atoms with Crippen molar-refractivity contribution >= 4 is 17.3 Å². The van der Waals surface area contributed by atoms with E-state index in [1.165, 1.54) is 0 Å². The van der Waals surface area contributed by atoms with Crippen LogP contribution < -0.4 is 15.4 Å². The molecule has 0 unspecified atom stereocenters. The Labute approximate surface area is 125 Å². The molecule has 21 heavy (non-hydrogen) atoms. The minimum absolute atomic E-state index is 0.0471. The highest BCUT2D eigenvalue weighted by molar-refractivity contribution is 5.77. The Kier molecular flexibility index (Phi) is 5.64. The SMILES string of the molecule is CCCNC(=O)COc1ccc(Nc2ccccc2)cc1. The van der Waals surface area contributed by atoms with Crippen LogP contribution in [0.15, 0.2) is 54.6 Å². The smallest absolute Gasteiger partial charge is 0.257 e. The van der Waals surface area contributed by atoms with Crippen molar-refractivity contribution in [1.29, 1.82) is 0 Å². The van der Waals surface area contributed by atoms with Crippen LogP contribution >= 0.6 is 0 Å². The first-order valence-corrected chi connectivity index (χ1v) is 7.09. The van der Waals surface area contributed by atoms with Crippen LogP contribution in [0.3, 0.4) is 0 Å². The van der Waals surface area contributed by atoms with Gasteiger partial charge in [0.25, 0.3) is 5.91 Å². The molecule has 1 amide bonds. The predicted molar refractivity (Wildman–Crippen MR) is 85.0 cm³/mol. The second kappa shape index (κ2) is 7.94.